The molecule has 0 unspecified atom stereocenters. The molecule has 136 valence electrons. The summed E-state index contributed by atoms with van der Waals surface area (Å²) >= 11 is 19.1. The molecule has 0 N–H and O–H groups in total. The summed E-state index contributed by atoms with van der Waals surface area (Å²) in [6.07, 6.45) is 0.961. The second-order valence-electron chi connectivity index (χ2n) is 6.07. The van der Waals surface area contributed by atoms with Crippen LogP contribution in [0.25, 0.3) is 0 Å². The molecule has 0 heterocycles. The smallest absolute Gasteiger partial charge is 0.201 e. The van der Waals surface area contributed by atoms with E-state index in [2.05, 4.69) is 13.0 Å². The number of alkyl halides is 3. The predicted octanol–water partition coefficient (Wildman–Crippen LogP) is 6.60. The fourth-order valence-electron chi connectivity index (χ4n) is 2.83. The molecule has 2 aromatic rings. The van der Waals surface area contributed by atoms with E-state index >= 15 is 0 Å². The van der Waals surface area contributed by atoms with Gasteiger partial charge < -0.3 is 9.47 Å². The fourth-order valence-corrected chi connectivity index (χ4v) is 3.56. The second kappa shape index (κ2) is 8.53. The summed E-state index contributed by atoms with van der Waals surface area (Å²) in [5.74, 6) is 1.26. The lowest BCUT2D eigenvalue weighted by atomic mass is 9.88. The van der Waals surface area contributed by atoms with E-state index in [1.807, 2.05) is 44.2 Å². The molecule has 0 radical (unpaired) electrons. The maximum absolute atomic E-state index is 6.36. The predicted molar refractivity (Wildman–Crippen MR) is 107 cm³/mol. The number of hydrogen-bond donors (Lipinski definition) is 0. The highest BCUT2D eigenvalue weighted by Gasteiger charge is 2.36. The Morgan fingerprint density at radius 2 is 1.64 bits per heavy atom. The summed E-state index contributed by atoms with van der Waals surface area (Å²) in [5.41, 5.74) is 3.96. The van der Waals surface area contributed by atoms with Crippen molar-refractivity contribution in [3.05, 3.63) is 58.7 Å². The maximum Gasteiger partial charge on any atom is 0.201 e. The average Bonchev–Trinajstić information content (AvgIpc) is 2.56. The van der Waals surface area contributed by atoms with Gasteiger partial charge in [0.2, 0.25) is 3.79 Å². The minimum atomic E-state index is -1.47. The molecule has 0 aliphatic heterocycles. The average molecular weight is 402 g/mol. The van der Waals surface area contributed by atoms with E-state index in [1.165, 1.54) is 0 Å². The van der Waals surface area contributed by atoms with Gasteiger partial charge in [0.25, 0.3) is 0 Å². The largest absolute Gasteiger partial charge is 0.497 e. The Balaban J connectivity index is 2.49. The highest BCUT2D eigenvalue weighted by atomic mass is 35.6. The van der Waals surface area contributed by atoms with E-state index in [9.17, 15) is 0 Å². The second-order valence-corrected chi connectivity index (χ2v) is 8.44. The molecule has 0 aliphatic carbocycles. The lowest BCUT2D eigenvalue weighted by Crippen LogP contribution is -2.20. The molecular formula is C20H23Cl3O2. The van der Waals surface area contributed by atoms with E-state index in [0.29, 0.717) is 6.61 Å². The molecule has 0 saturated heterocycles. The molecule has 1 atom stereocenters. The molecule has 0 amide bonds. The summed E-state index contributed by atoms with van der Waals surface area (Å²) in [6.45, 7) is 6.79. The van der Waals surface area contributed by atoms with Crippen LogP contribution in [0.15, 0.2) is 36.4 Å². The first-order chi connectivity index (χ1) is 11.8. The van der Waals surface area contributed by atoms with Crippen LogP contribution in [0.5, 0.6) is 11.5 Å². The Kier molecular flexibility index (Phi) is 6.90. The molecule has 0 fully saturated rings. The van der Waals surface area contributed by atoms with Gasteiger partial charge in [-0.1, -0.05) is 59.9 Å². The first-order valence-corrected chi connectivity index (χ1v) is 9.36. The van der Waals surface area contributed by atoms with Crippen molar-refractivity contribution in [3.8, 4) is 11.5 Å². The molecule has 0 bridgehead atoms. The zero-order valence-electron chi connectivity index (χ0n) is 14.9. The molecule has 0 spiro atoms. The monoisotopic (exact) mass is 400 g/mol. The van der Waals surface area contributed by atoms with Crippen LogP contribution in [-0.4, -0.2) is 17.5 Å². The van der Waals surface area contributed by atoms with Crippen LogP contribution in [0, 0.1) is 13.8 Å². The Morgan fingerprint density at radius 1 is 1.00 bits per heavy atom. The number of benzene rings is 2. The zero-order valence-corrected chi connectivity index (χ0v) is 17.2. The van der Waals surface area contributed by atoms with Crippen LogP contribution >= 0.6 is 34.8 Å². The SMILES string of the molecule is CCCOc1cc(C)c([C@H](c2ccc(OC)cc2)C(Cl)(Cl)Cl)cc1C. The van der Waals surface area contributed by atoms with E-state index in [0.717, 1.165) is 40.2 Å². The highest BCUT2D eigenvalue weighted by Crippen LogP contribution is 2.47. The Morgan fingerprint density at radius 3 is 2.16 bits per heavy atom. The van der Waals surface area contributed by atoms with Gasteiger partial charge in [-0.15, -0.1) is 0 Å². The van der Waals surface area contributed by atoms with E-state index in [4.69, 9.17) is 44.3 Å². The van der Waals surface area contributed by atoms with Crippen LogP contribution in [0.3, 0.4) is 0 Å². The zero-order chi connectivity index (χ0) is 18.6. The van der Waals surface area contributed by atoms with Crippen LogP contribution < -0.4 is 9.47 Å². The molecule has 0 saturated carbocycles. The molecule has 2 rings (SSSR count). The van der Waals surface area contributed by atoms with Crippen molar-refractivity contribution >= 4 is 34.8 Å². The number of rotatable bonds is 6. The van der Waals surface area contributed by atoms with Crippen LogP contribution in [-0.2, 0) is 0 Å². The highest BCUT2D eigenvalue weighted by molar-refractivity contribution is 6.68. The number of hydrogen-bond acceptors (Lipinski definition) is 2. The van der Waals surface area contributed by atoms with Gasteiger partial charge in [0.05, 0.1) is 19.6 Å². The third-order valence-corrected chi connectivity index (χ3v) is 4.77. The normalized spacial score (nSPS) is 12.8. The van der Waals surface area contributed by atoms with Crippen molar-refractivity contribution in [2.24, 2.45) is 0 Å². The first-order valence-electron chi connectivity index (χ1n) is 8.22. The van der Waals surface area contributed by atoms with Crippen molar-refractivity contribution in [2.75, 3.05) is 13.7 Å². The lowest BCUT2D eigenvalue weighted by Gasteiger charge is -2.28. The molecule has 2 aromatic carbocycles. The van der Waals surface area contributed by atoms with Crippen molar-refractivity contribution in [1.82, 2.24) is 0 Å². The third-order valence-electron chi connectivity index (χ3n) is 4.11. The van der Waals surface area contributed by atoms with E-state index in [-0.39, 0.29) is 5.92 Å². The Labute approximate surface area is 165 Å². The first kappa shape index (κ1) is 20.2. The van der Waals surface area contributed by atoms with Crippen LogP contribution in [0.1, 0.15) is 41.5 Å². The minimum absolute atomic E-state index is 0.387. The summed E-state index contributed by atoms with van der Waals surface area (Å²) < 4.78 is 9.55. The summed E-state index contributed by atoms with van der Waals surface area (Å²) in [6, 6.07) is 11.7. The van der Waals surface area contributed by atoms with Crippen molar-refractivity contribution in [1.29, 1.82) is 0 Å². The molecule has 5 heteroatoms. The van der Waals surface area contributed by atoms with E-state index < -0.39 is 3.79 Å². The van der Waals surface area contributed by atoms with Crippen molar-refractivity contribution in [2.45, 2.75) is 36.9 Å². The number of ether oxygens (including phenoxy) is 2. The summed E-state index contributed by atoms with van der Waals surface area (Å²) in [5, 5.41) is 0. The number of methoxy groups -OCH3 is 1. The van der Waals surface area contributed by atoms with Gasteiger partial charge in [-0.25, -0.2) is 0 Å². The van der Waals surface area contributed by atoms with Crippen LogP contribution in [0.4, 0.5) is 0 Å². The Hall–Kier alpha value is -1.09. The lowest BCUT2D eigenvalue weighted by molar-refractivity contribution is 0.315. The molecular weight excluding hydrogens is 379 g/mol. The fraction of sp³-hybridized carbons (Fsp3) is 0.400. The van der Waals surface area contributed by atoms with Gasteiger partial charge in [-0.3, -0.25) is 0 Å². The topological polar surface area (TPSA) is 18.5 Å². The molecule has 0 aliphatic rings. The van der Waals surface area contributed by atoms with Crippen LogP contribution in [0.2, 0.25) is 0 Å². The van der Waals surface area contributed by atoms with E-state index in [1.54, 1.807) is 7.11 Å². The van der Waals surface area contributed by atoms with Gasteiger partial charge >= 0.3 is 0 Å². The molecule has 2 nitrogen and oxygen atoms in total. The molecule has 0 aromatic heterocycles. The standard InChI is InChI=1S/C20H23Cl3O2/c1-5-10-25-18-12-13(2)17(11-14(18)3)19(20(21,22)23)15-6-8-16(24-4)9-7-15/h6-9,11-12,19H,5,10H2,1-4H3/t19-/m0/s1. The van der Waals surface area contributed by atoms with Gasteiger partial charge in [0.1, 0.15) is 11.5 Å². The quantitative estimate of drug-likeness (QED) is 0.507. The van der Waals surface area contributed by atoms with Gasteiger partial charge in [0, 0.05) is 0 Å². The molecule has 25 heavy (non-hydrogen) atoms. The van der Waals surface area contributed by atoms with Gasteiger partial charge in [-0.05, 0) is 60.7 Å². The minimum Gasteiger partial charge on any atom is -0.497 e. The summed E-state index contributed by atoms with van der Waals surface area (Å²) in [4.78, 5) is 0. The third kappa shape index (κ3) is 4.97. The maximum atomic E-state index is 6.36. The van der Waals surface area contributed by atoms with Gasteiger partial charge in [-0.2, -0.15) is 0 Å². The van der Waals surface area contributed by atoms with Gasteiger partial charge in [0.15, 0.2) is 0 Å². The van der Waals surface area contributed by atoms with Crippen molar-refractivity contribution in [3.63, 3.8) is 0 Å². The number of halogens is 3. The Bertz CT molecular complexity index is 706. The van der Waals surface area contributed by atoms with Crippen molar-refractivity contribution < 1.29 is 9.47 Å². The number of aryl methyl sites for hydroxylation is 2. The summed E-state index contributed by atoms with van der Waals surface area (Å²) in [7, 11) is 1.63.